The number of oxime groups is 1. The third-order valence-corrected chi connectivity index (χ3v) is 5.43. The molecule has 14 heteroatoms. The molecule has 0 aliphatic carbocycles. The third kappa shape index (κ3) is 5.56. The SMILES string of the molecule is CO/N=C(\C(=O)N[C@@H]1C(=O)N[C@@H]1SCC(=O)OC)c1csc(NC(=O)CCl)n1. The lowest BCUT2D eigenvalue weighted by atomic mass is 10.1. The number of β-lactam (4-membered cyclic amide) rings is 1. The van der Waals surface area contributed by atoms with Gasteiger partial charge in [-0.25, -0.2) is 4.98 Å². The van der Waals surface area contributed by atoms with Gasteiger partial charge in [-0.2, -0.15) is 0 Å². The van der Waals surface area contributed by atoms with E-state index in [1.54, 1.807) is 0 Å². The van der Waals surface area contributed by atoms with E-state index in [0.29, 0.717) is 0 Å². The molecule has 2 rings (SSSR count). The zero-order valence-corrected chi connectivity index (χ0v) is 17.1. The van der Waals surface area contributed by atoms with Crippen LogP contribution in [0, 0.1) is 0 Å². The number of hydrogen-bond donors (Lipinski definition) is 3. The summed E-state index contributed by atoms with van der Waals surface area (Å²) in [7, 11) is 2.51. The van der Waals surface area contributed by atoms with Crippen LogP contribution in [0.25, 0.3) is 0 Å². The summed E-state index contributed by atoms with van der Waals surface area (Å²) in [5, 5.41) is 12.4. The summed E-state index contributed by atoms with van der Waals surface area (Å²) in [5.74, 6) is -2.23. The number of nitrogens with one attached hydrogen (secondary N) is 3. The molecule has 0 saturated carbocycles. The minimum atomic E-state index is -0.863. The van der Waals surface area contributed by atoms with Crippen LogP contribution in [-0.2, 0) is 28.8 Å². The van der Waals surface area contributed by atoms with Crippen LogP contribution in [0.3, 0.4) is 0 Å². The number of anilines is 1. The maximum atomic E-state index is 12.6. The van der Waals surface area contributed by atoms with Crippen LogP contribution in [-0.4, -0.2) is 71.7 Å². The second-order valence-electron chi connectivity index (χ2n) is 5.11. The van der Waals surface area contributed by atoms with Gasteiger partial charge in [-0.3, -0.25) is 19.2 Å². The van der Waals surface area contributed by atoms with Crippen LogP contribution in [0.4, 0.5) is 5.13 Å². The first kappa shape index (κ1) is 21.9. The van der Waals surface area contributed by atoms with E-state index in [1.165, 1.54) is 19.6 Å². The van der Waals surface area contributed by atoms with Gasteiger partial charge in [0.15, 0.2) is 10.8 Å². The molecule has 1 saturated heterocycles. The van der Waals surface area contributed by atoms with E-state index in [1.807, 2.05) is 0 Å². The summed E-state index contributed by atoms with van der Waals surface area (Å²) < 4.78 is 4.54. The number of amides is 3. The monoisotopic (exact) mass is 449 g/mol. The average Bonchev–Trinajstić information content (AvgIpc) is 3.14. The molecule has 3 N–H and O–H groups in total. The van der Waals surface area contributed by atoms with Gasteiger partial charge in [0.05, 0.1) is 12.9 Å². The Labute approximate surface area is 172 Å². The minimum Gasteiger partial charge on any atom is -0.468 e. The molecule has 0 radical (unpaired) electrons. The van der Waals surface area contributed by atoms with Crippen molar-refractivity contribution in [1.29, 1.82) is 0 Å². The highest BCUT2D eigenvalue weighted by Crippen LogP contribution is 2.21. The Hall–Kier alpha value is -2.38. The molecule has 2 atom stereocenters. The van der Waals surface area contributed by atoms with Gasteiger partial charge in [0.1, 0.15) is 30.1 Å². The molecule has 1 aromatic heterocycles. The van der Waals surface area contributed by atoms with Gasteiger partial charge in [0.25, 0.3) is 5.91 Å². The Balaban J connectivity index is 2.04. The van der Waals surface area contributed by atoms with Crippen LogP contribution >= 0.6 is 34.7 Å². The number of halogens is 1. The van der Waals surface area contributed by atoms with E-state index < -0.39 is 35.1 Å². The number of nitrogens with zero attached hydrogens (tertiary/aromatic N) is 2. The van der Waals surface area contributed by atoms with Gasteiger partial charge in [-0.15, -0.1) is 34.7 Å². The summed E-state index contributed by atoms with van der Waals surface area (Å²) in [4.78, 5) is 55.7. The van der Waals surface area contributed by atoms with Crippen LogP contribution in [0.1, 0.15) is 5.69 Å². The molecule has 1 aliphatic heterocycles. The number of ether oxygens (including phenoxy) is 1. The van der Waals surface area contributed by atoms with Crippen molar-refractivity contribution in [3.8, 4) is 0 Å². The summed E-state index contributed by atoms with van der Waals surface area (Å²) >= 11 is 7.60. The summed E-state index contributed by atoms with van der Waals surface area (Å²) in [5.41, 5.74) is -0.0331. The number of esters is 1. The third-order valence-electron chi connectivity index (χ3n) is 3.28. The van der Waals surface area contributed by atoms with E-state index in [9.17, 15) is 19.2 Å². The number of aromatic nitrogens is 1. The lowest BCUT2D eigenvalue weighted by Crippen LogP contribution is -2.68. The van der Waals surface area contributed by atoms with Crippen molar-refractivity contribution in [2.45, 2.75) is 11.4 Å². The normalized spacial score (nSPS) is 18.5. The highest BCUT2D eigenvalue weighted by Gasteiger charge is 2.42. The first-order valence-corrected chi connectivity index (χ1v) is 10.1. The fraction of sp³-hybridized carbons (Fsp3) is 0.429. The van der Waals surface area contributed by atoms with Crippen molar-refractivity contribution in [1.82, 2.24) is 15.6 Å². The van der Waals surface area contributed by atoms with Gasteiger partial charge in [-0.05, 0) is 0 Å². The molecule has 1 aliphatic rings. The Kier molecular flexibility index (Phi) is 8.02. The van der Waals surface area contributed by atoms with Crippen molar-refractivity contribution >= 4 is 69.2 Å². The Morgan fingerprint density at radius 3 is 2.79 bits per heavy atom. The quantitative estimate of drug-likeness (QED) is 0.150. The van der Waals surface area contributed by atoms with Crippen molar-refractivity contribution in [3.05, 3.63) is 11.1 Å². The number of alkyl halides is 1. The van der Waals surface area contributed by atoms with E-state index in [0.717, 1.165) is 23.1 Å². The molecule has 3 amide bonds. The van der Waals surface area contributed by atoms with Gasteiger partial charge in [0, 0.05) is 5.38 Å². The predicted molar refractivity (Wildman–Crippen MR) is 103 cm³/mol. The lowest BCUT2D eigenvalue weighted by molar-refractivity contribution is -0.137. The number of thiazole rings is 1. The second-order valence-corrected chi connectivity index (χ2v) is 7.36. The zero-order valence-electron chi connectivity index (χ0n) is 14.7. The number of carbonyl (C=O) groups excluding carboxylic acids is 4. The number of hydrogen-bond acceptors (Lipinski definition) is 10. The predicted octanol–water partition coefficient (Wildman–Crippen LogP) is -0.482. The molecule has 0 spiro atoms. The highest BCUT2D eigenvalue weighted by atomic mass is 35.5. The maximum absolute atomic E-state index is 12.6. The van der Waals surface area contributed by atoms with Gasteiger partial charge in [0.2, 0.25) is 11.8 Å². The van der Waals surface area contributed by atoms with E-state index in [2.05, 4.69) is 35.7 Å². The minimum absolute atomic E-state index is 0.0164. The average molecular weight is 450 g/mol. The van der Waals surface area contributed by atoms with Crippen molar-refractivity contribution in [2.24, 2.45) is 5.16 Å². The molecule has 0 bridgehead atoms. The lowest BCUT2D eigenvalue weighted by Gasteiger charge is -2.36. The molecule has 152 valence electrons. The van der Waals surface area contributed by atoms with Crippen LogP contribution in [0.5, 0.6) is 0 Å². The largest absolute Gasteiger partial charge is 0.468 e. The maximum Gasteiger partial charge on any atom is 0.315 e. The van der Waals surface area contributed by atoms with E-state index in [-0.39, 0.29) is 28.2 Å². The Morgan fingerprint density at radius 1 is 1.43 bits per heavy atom. The molecule has 11 nitrogen and oxygen atoms in total. The molecule has 1 aromatic rings. The molecule has 0 unspecified atom stereocenters. The number of thioether (sulfide) groups is 1. The molecule has 28 heavy (non-hydrogen) atoms. The Morgan fingerprint density at radius 2 is 2.18 bits per heavy atom. The molecule has 1 fully saturated rings. The topological polar surface area (TPSA) is 148 Å². The van der Waals surface area contributed by atoms with E-state index in [4.69, 9.17) is 11.6 Å². The number of carbonyl (C=O) groups is 4. The standard InChI is InChI=1S/C14H16ClN5O6S2/c1-25-8(22)5-27-13-10(12(24)19-13)18-11(23)9(20-26-2)6-4-28-14(16-6)17-7(21)3-15/h4,10,13H,3,5H2,1-2H3,(H,18,23)(H,19,24)(H,16,17,21)/b20-9-/t10-,13-/m1/s1. The van der Waals surface area contributed by atoms with Crippen LogP contribution < -0.4 is 16.0 Å². The summed E-state index contributed by atoms with van der Waals surface area (Å²) in [6.45, 7) is 0. The summed E-state index contributed by atoms with van der Waals surface area (Å²) in [6.07, 6.45) is 0. The van der Waals surface area contributed by atoms with Crippen molar-refractivity contribution < 1.29 is 28.8 Å². The molecule has 0 aromatic carbocycles. The molecular weight excluding hydrogens is 434 g/mol. The molecular formula is C14H16ClN5O6S2. The van der Waals surface area contributed by atoms with Crippen LogP contribution in [0.2, 0.25) is 0 Å². The van der Waals surface area contributed by atoms with E-state index >= 15 is 0 Å². The van der Waals surface area contributed by atoms with Crippen molar-refractivity contribution in [2.75, 3.05) is 31.2 Å². The fourth-order valence-corrected chi connectivity index (χ4v) is 3.74. The summed E-state index contributed by atoms with van der Waals surface area (Å²) in [6, 6.07) is -0.863. The first-order chi connectivity index (χ1) is 13.4. The van der Waals surface area contributed by atoms with Gasteiger partial charge < -0.3 is 25.5 Å². The molecule has 2 heterocycles. The first-order valence-electron chi connectivity index (χ1n) is 7.62. The van der Waals surface area contributed by atoms with Gasteiger partial charge >= 0.3 is 5.97 Å². The zero-order chi connectivity index (χ0) is 20.7. The number of rotatable bonds is 9. The second kappa shape index (κ2) is 10.2. The Bertz CT molecular complexity index is 801. The van der Waals surface area contributed by atoms with Crippen molar-refractivity contribution in [3.63, 3.8) is 0 Å². The van der Waals surface area contributed by atoms with Gasteiger partial charge in [-0.1, -0.05) is 5.16 Å². The number of methoxy groups -OCH3 is 1. The highest BCUT2D eigenvalue weighted by molar-refractivity contribution is 8.00. The smallest absolute Gasteiger partial charge is 0.315 e. The van der Waals surface area contributed by atoms with Crippen LogP contribution in [0.15, 0.2) is 10.5 Å². The fourth-order valence-electron chi connectivity index (χ4n) is 1.95.